The second-order valence-electron chi connectivity index (χ2n) is 3.44. The molecule has 2 heteroatoms. The molecule has 0 saturated carbocycles. The van der Waals surface area contributed by atoms with Crippen LogP contribution in [-0.2, 0) is 6.42 Å². The van der Waals surface area contributed by atoms with Gasteiger partial charge in [0.05, 0.1) is 0 Å². The fraction of sp³-hybridized carbons (Fsp3) is 0.154. The van der Waals surface area contributed by atoms with Crippen LogP contribution in [0.15, 0.2) is 40.1 Å². The van der Waals surface area contributed by atoms with Gasteiger partial charge in [-0.3, -0.25) is 0 Å². The number of benzene rings is 1. The van der Waals surface area contributed by atoms with Gasteiger partial charge in [-0.2, -0.15) is 0 Å². The van der Waals surface area contributed by atoms with Crippen molar-refractivity contribution in [3.05, 3.63) is 58.5 Å². The number of aryl methyl sites for hydroxylation is 1. The van der Waals surface area contributed by atoms with Crippen molar-refractivity contribution in [1.82, 2.24) is 0 Å². The molecule has 75 valence electrons. The Morgan fingerprint density at radius 3 is 3.13 bits per heavy atom. The predicted octanol–water partition coefficient (Wildman–Crippen LogP) is 2.63. The van der Waals surface area contributed by atoms with E-state index in [0.717, 1.165) is 16.5 Å². The van der Waals surface area contributed by atoms with Crippen molar-refractivity contribution in [2.75, 3.05) is 0 Å². The summed E-state index contributed by atoms with van der Waals surface area (Å²) in [7, 11) is 0. The number of hydrogen-bond acceptors (Lipinski definition) is 2. The zero-order chi connectivity index (χ0) is 10.8. The Morgan fingerprint density at radius 2 is 2.40 bits per heavy atom. The van der Waals surface area contributed by atoms with Crippen LogP contribution in [0.25, 0.3) is 11.0 Å². The van der Waals surface area contributed by atoms with Crippen LogP contribution in [0.1, 0.15) is 11.1 Å². The first-order valence-electron chi connectivity index (χ1n) is 4.77. The van der Waals surface area contributed by atoms with Gasteiger partial charge in [0.2, 0.25) is 0 Å². The van der Waals surface area contributed by atoms with Crippen LogP contribution in [0.3, 0.4) is 0 Å². The fourth-order valence-corrected chi connectivity index (χ4v) is 1.64. The zero-order valence-corrected chi connectivity index (χ0v) is 8.54. The van der Waals surface area contributed by atoms with Gasteiger partial charge in [0.1, 0.15) is 5.58 Å². The van der Waals surface area contributed by atoms with Gasteiger partial charge in [0.15, 0.2) is 0 Å². The van der Waals surface area contributed by atoms with Gasteiger partial charge in [-0.05, 0) is 25.0 Å². The molecule has 1 heterocycles. The summed E-state index contributed by atoms with van der Waals surface area (Å²) >= 11 is 0. The first-order chi connectivity index (χ1) is 7.22. The number of hydrogen-bond donors (Lipinski definition) is 0. The van der Waals surface area contributed by atoms with Crippen LogP contribution in [0.4, 0.5) is 0 Å². The maximum absolute atomic E-state index is 11.3. The van der Waals surface area contributed by atoms with Crippen LogP contribution in [0.5, 0.6) is 0 Å². The van der Waals surface area contributed by atoms with E-state index in [0.29, 0.717) is 12.0 Å². The minimum atomic E-state index is -0.315. The Bertz CT molecular complexity index is 564. The van der Waals surface area contributed by atoms with Crippen LogP contribution < -0.4 is 5.63 Å². The SMILES string of the molecule is C=CCc1[c]ccc2c(C)cc(=O)oc12. The summed E-state index contributed by atoms with van der Waals surface area (Å²) in [6.07, 6.45) is 2.43. The van der Waals surface area contributed by atoms with Gasteiger partial charge in [-0.15, -0.1) is 6.58 Å². The molecule has 2 aromatic rings. The van der Waals surface area contributed by atoms with Crippen LogP contribution in [0.2, 0.25) is 0 Å². The van der Waals surface area contributed by atoms with Crippen molar-refractivity contribution in [1.29, 1.82) is 0 Å². The van der Waals surface area contributed by atoms with Gasteiger partial charge in [-0.25, -0.2) is 4.79 Å². The minimum Gasteiger partial charge on any atom is -0.422 e. The lowest BCUT2D eigenvalue weighted by Gasteiger charge is -2.03. The van der Waals surface area contributed by atoms with E-state index in [1.165, 1.54) is 6.07 Å². The molecule has 2 nitrogen and oxygen atoms in total. The molecule has 0 N–H and O–H groups in total. The summed E-state index contributed by atoms with van der Waals surface area (Å²) in [5, 5.41) is 0.963. The second kappa shape index (κ2) is 3.73. The van der Waals surface area contributed by atoms with Gasteiger partial charge in [0, 0.05) is 17.0 Å². The highest BCUT2D eigenvalue weighted by Crippen LogP contribution is 2.20. The van der Waals surface area contributed by atoms with Gasteiger partial charge >= 0.3 is 5.63 Å². The lowest BCUT2D eigenvalue weighted by Crippen LogP contribution is -1.99. The molecule has 0 saturated heterocycles. The molecule has 2 rings (SSSR count). The average molecular weight is 199 g/mol. The maximum atomic E-state index is 11.3. The maximum Gasteiger partial charge on any atom is 0.336 e. The fourth-order valence-electron chi connectivity index (χ4n) is 1.64. The normalized spacial score (nSPS) is 10.5. The molecule has 0 atom stereocenters. The molecule has 0 amide bonds. The highest BCUT2D eigenvalue weighted by molar-refractivity contribution is 5.82. The Morgan fingerprint density at radius 1 is 1.60 bits per heavy atom. The third-order valence-electron chi connectivity index (χ3n) is 2.34. The monoisotopic (exact) mass is 199 g/mol. The Balaban J connectivity index is 2.84. The Hall–Kier alpha value is -1.83. The van der Waals surface area contributed by atoms with Crippen LogP contribution in [-0.4, -0.2) is 0 Å². The standard InChI is InChI=1S/C13H11O2/c1-3-5-10-6-4-7-11-9(2)8-12(14)15-13(10)11/h3-4,7-8H,1,5H2,2H3. The van der Waals surface area contributed by atoms with Crippen molar-refractivity contribution in [2.45, 2.75) is 13.3 Å². The predicted molar refractivity (Wildman–Crippen MR) is 60.0 cm³/mol. The summed E-state index contributed by atoms with van der Waals surface area (Å²) in [5.74, 6) is 0. The van der Waals surface area contributed by atoms with Crippen molar-refractivity contribution in [3.63, 3.8) is 0 Å². The lowest BCUT2D eigenvalue weighted by molar-refractivity contribution is 0.556. The summed E-state index contributed by atoms with van der Waals surface area (Å²) < 4.78 is 5.19. The quantitative estimate of drug-likeness (QED) is 0.549. The molecular formula is C13H11O2. The van der Waals surface area contributed by atoms with Crippen molar-refractivity contribution >= 4 is 11.0 Å². The highest BCUT2D eigenvalue weighted by Gasteiger charge is 2.05. The molecule has 0 bridgehead atoms. The van der Waals surface area contributed by atoms with E-state index in [4.69, 9.17) is 4.42 Å². The number of allylic oxidation sites excluding steroid dienone is 1. The summed E-state index contributed by atoms with van der Waals surface area (Å²) in [6, 6.07) is 8.31. The summed E-state index contributed by atoms with van der Waals surface area (Å²) in [6.45, 7) is 5.57. The molecule has 0 spiro atoms. The van der Waals surface area contributed by atoms with E-state index in [-0.39, 0.29) is 5.63 Å². The molecule has 1 radical (unpaired) electrons. The molecule has 0 unspecified atom stereocenters. The van der Waals surface area contributed by atoms with Gasteiger partial charge in [0.25, 0.3) is 0 Å². The summed E-state index contributed by atoms with van der Waals surface area (Å²) in [4.78, 5) is 11.3. The highest BCUT2D eigenvalue weighted by atomic mass is 16.4. The van der Waals surface area contributed by atoms with E-state index >= 15 is 0 Å². The Labute approximate surface area is 87.8 Å². The van der Waals surface area contributed by atoms with Gasteiger partial charge < -0.3 is 4.42 Å². The van der Waals surface area contributed by atoms with E-state index in [1.807, 2.05) is 19.1 Å². The third-order valence-corrected chi connectivity index (χ3v) is 2.34. The Kier molecular flexibility index (Phi) is 2.42. The molecular weight excluding hydrogens is 188 g/mol. The molecule has 1 aromatic carbocycles. The topological polar surface area (TPSA) is 30.2 Å². The van der Waals surface area contributed by atoms with Crippen molar-refractivity contribution < 1.29 is 4.42 Å². The zero-order valence-electron chi connectivity index (χ0n) is 8.54. The average Bonchev–Trinajstić information content (AvgIpc) is 2.19. The third kappa shape index (κ3) is 1.71. The van der Waals surface area contributed by atoms with E-state index in [9.17, 15) is 4.79 Å². The van der Waals surface area contributed by atoms with E-state index in [1.54, 1.807) is 6.08 Å². The summed E-state index contributed by atoms with van der Waals surface area (Å²) in [5.41, 5.74) is 2.12. The van der Waals surface area contributed by atoms with E-state index < -0.39 is 0 Å². The molecule has 1 aromatic heterocycles. The smallest absolute Gasteiger partial charge is 0.336 e. The molecule has 0 aliphatic heterocycles. The molecule has 15 heavy (non-hydrogen) atoms. The van der Waals surface area contributed by atoms with Gasteiger partial charge in [-0.1, -0.05) is 18.2 Å². The molecule has 0 aliphatic rings. The van der Waals surface area contributed by atoms with E-state index in [2.05, 4.69) is 12.6 Å². The minimum absolute atomic E-state index is 0.315. The lowest BCUT2D eigenvalue weighted by atomic mass is 10.1. The second-order valence-corrected chi connectivity index (χ2v) is 3.44. The number of rotatable bonds is 2. The van der Waals surface area contributed by atoms with Crippen LogP contribution in [0, 0.1) is 13.0 Å². The van der Waals surface area contributed by atoms with Crippen molar-refractivity contribution in [2.24, 2.45) is 0 Å². The molecule has 0 fully saturated rings. The van der Waals surface area contributed by atoms with Crippen molar-refractivity contribution in [3.8, 4) is 0 Å². The largest absolute Gasteiger partial charge is 0.422 e. The number of fused-ring (bicyclic) bond motifs is 1. The first kappa shape index (κ1) is 9.71. The first-order valence-corrected chi connectivity index (χ1v) is 4.77. The molecule has 0 aliphatic carbocycles. The van der Waals surface area contributed by atoms with Crippen LogP contribution >= 0.6 is 0 Å².